The van der Waals surface area contributed by atoms with Crippen LogP contribution in [0.15, 0.2) is 29.6 Å². The summed E-state index contributed by atoms with van der Waals surface area (Å²) < 4.78 is 2.20. The third kappa shape index (κ3) is 2.23. The van der Waals surface area contributed by atoms with E-state index in [-0.39, 0.29) is 11.4 Å². The lowest BCUT2D eigenvalue weighted by atomic mass is 10.2. The van der Waals surface area contributed by atoms with E-state index in [1.54, 1.807) is 11.3 Å². The molecule has 3 rings (SSSR count). The van der Waals surface area contributed by atoms with E-state index in [4.69, 9.17) is 11.6 Å². The predicted molar refractivity (Wildman–Crippen MR) is 84.7 cm³/mol. The summed E-state index contributed by atoms with van der Waals surface area (Å²) in [5, 5.41) is 3.03. The van der Waals surface area contributed by atoms with Crippen molar-refractivity contribution >= 4 is 34.0 Å². The molecule has 104 valence electrons. The fourth-order valence-corrected chi connectivity index (χ4v) is 3.42. The van der Waals surface area contributed by atoms with Gasteiger partial charge in [-0.25, -0.2) is 9.97 Å². The summed E-state index contributed by atoms with van der Waals surface area (Å²) in [4.78, 5) is 9.27. The Kier molecular flexibility index (Phi) is 3.52. The zero-order valence-corrected chi connectivity index (χ0v) is 13.2. The number of para-hydroxylation sites is 2. The lowest BCUT2D eigenvalue weighted by Gasteiger charge is -2.16. The van der Waals surface area contributed by atoms with Crippen molar-refractivity contribution in [3.8, 4) is 0 Å². The first-order valence-electron chi connectivity index (χ1n) is 6.61. The van der Waals surface area contributed by atoms with Crippen molar-refractivity contribution in [3.63, 3.8) is 0 Å². The molecule has 20 heavy (non-hydrogen) atoms. The van der Waals surface area contributed by atoms with Gasteiger partial charge in [-0.3, -0.25) is 0 Å². The zero-order valence-electron chi connectivity index (χ0n) is 11.7. The van der Waals surface area contributed by atoms with Crippen LogP contribution in [0.25, 0.3) is 11.0 Å². The molecule has 3 nitrogen and oxygen atoms in total. The number of hydrogen-bond donors (Lipinski definition) is 0. The maximum Gasteiger partial charge on any atom is 0.128 e. The number of aromatic nitrogens is 3. The van der Waals surface area contributed by atoms with Crippen LogP contribution in [-0.2, 0) is 0 Å². The van der Waals surface area contributed by atoms with Crippen LogP contribution in [0, 0.1) is 6.92 Å². The normalized spacial score (nSPS) is 14.6. The highest BCUT2D eigenvalue weighted by atomic mass is 35.5. The van der Waals surface area contributed by atoms with Gasteiger partial charge >= 0.3 is 0 Å². The van der Waals surface area contributed by atoms with Gasteiger partial charge < -0.3 is 4.57 Å². The lowest BCUT2D eigenvalue weighted by Crippen LogP contribution is -2.11. The summed E-state index contributed by atoms with van der Waals surface area (Å²) in [6.45, 7) is 6.12. The van der Waals surface area contributed by atoms with Crippen LogP contribution in [0.1, 0.15) is 41.8 Å². The second kappa shape index (κ2) is 5.19. The van der Waals surface area contributed by atoms with E-state index in [2.05, 4.69) is 32.9 Å². The third-order valence-electron chi connectivity index (χ3n) is 3.36. The highest BCUT2D eigenvalue weighted by Gasteiger charge is 2.21. The number of imidazole rings is 1. The van der Waals surface area contributed by atoms with Crippen molar-refractivity contribution in [2.24, 2.45) is 0 Å². The van der Waals surface area contributed by atoms with Gasteiger partial charge in [0.25, 0.3) is 0 Å². The number of thiazole rings is 1. The van der Waals surface area contributed by atoms with Crippen LogP contribution in [0.5, 0.6) is 0 Å². The molecule has 0 N–H and O–H groups in total. The Labute approximate surface area is 127 Å². The average Bonchev–Trinajstić information content (AvgIpc) is 3.01. The molecular formula is C15H16ClN3S. The Bertz CT molecular complexity index is 744. The molecule has 0 bridgehead atoms. The maximum absolute atomic E-state index is 6.32. The van der Waals surface area contributed by atoms with E-state index in [0.29, 0.717) is 0 Å². The van der Waals surface area contributed by atoms with Crippen LogP contribution >= 0.6 is 22.9 Å². The van der Waals surface area contributed by atoms with Gasteiger partial charge in [-0.05, 0) is 32.9 Å². The number of aryl methyl sites for hydroxylation is 1. The van der Waals surface area contributed by atoms with Gasteiger partial charge in [0.1, 0.15) is 10.8 Å². The van der Waals surface area contributed by atoms with Crippen molar-refractivity contribution in [1.82, 2.24) is 14.5 Å². The molecule has 0 amide bonds. The molecular weight excluding hydrogens is 290 g/mol. The second-order valence-electron chi connectivity index (χ2n) is 4.95. The zero-order chi connectivity index (χ0) is 14.3. The van der Waals surface area contributed by atoms with Crippen LogP contribution in [0.4, 0.5) is 0 Å². The van der Waals surface area contributed by atoms with Gasteiger partial charge in [-0.1, -0.05) is 12.1 Å². The van der Waals surface area contributed by atoms with E-state index in [1.165, 1.54) is 0 Å². The predicted octanol–water partition coefficient (Wildman–Crippen LogP) is 4.71. The molecule has 2 atom stereocenters. The number of hydrogen-bond acceptors (Lipinski definition) is 3. The van der Waals surface area contributed by atoms with Gasteiger partial charge in [-0.2, -0.15) is 0 Å². The smallest absolute Gasteiger partial charge is 0.128 e. The highest BCUT2D eigenvalue weighted by Crippen LogP contribution is 2.31. The van der Waals surface area contributed by atoms with Crippen molar-refractivity contribution in [2.45, 2.75) is 32.2 Å². The Morgan fingerprint density at radius 1 is 1.20 bits per heavy atom. The van der Waals surface area contributed by atoms with E-state index in [1.807, 2.05) is 32.0 Å². The van der Waals surface area contributed by atoms with Crippen molar-refractivity contribution in [1.29, 1.82) is 0 Å². The number of alkyl halides is 1. The summed E-state index contributed by atoms with van der Waals surface area (Å²) in [5.74, 6) is 0.896. The number of nitrogens with zero attached hydrogens (tertiary/aromatic N) is 3. The molecule has 0 aliphatic rings. The summed E-state index contributed by atoms with van der Waals surface area (Å²) >= 11 is 8.00. The van der Waals surface area contributed by atoms with Gasteiger partial charge in [0.05, 0.1) is 22.5 Å². The lowest BCUT2D eigenvalue weighted by molar-refractivity contribution is 0.614. The Morgan fingerprint density at radius 3 is 2.60 bits per heavy atom. The van der Waals surface area contributed by atoms with Gasteiger partial charge in [0, 0.05) is 11.1 Å². The van der Waals surface area contributed by atoms with E-state index < -0.39 is 0 Å². The van der Waals surface area contributed by atoms with Crippen LogP contribution in [0.2, 0.25) is 0 Å². The number of fused-ring (bicyclic) bond motifs is 1. The minimum absolute atomic E-state index is 0.133. The molecule has 5 heteroatoms. The minimum atomic E-state index is -0.133. The molecule has 2 aromatic heterocycles. The summed E-state index contributed by atoms with van der Waals surface area (Å²) in [6, 6.07) is 8.28. The van der Waals surface area contributed by atoms with Crippen LogP contribution < -0.4 is 0 Å². The summed E-state index contributed by atoms with van der Waals surface area (Å²) in [7, 11) is 0. The van der Waals surface area contributed by atoms with E-state index >= 15 is 0 Å². The molecule has 0 aliphatic heterocycles. The quantitative estimate of drug-likeness (QED) is 0.656. The number of halogens is 1. The molecule has 0 aliphatic carbocycles. The SMILES string of the molecule is Cc1csc(C(C)n2c(C(C)Cl)nc3ccccc32)n1. The first kappa shape index (κ1) is 13.6. The monoisotopic (exact) mass is 305 g/mol. The molecule has 1 aromatic carbocycles. The molecule has 0 fully saturated rings. The first-order valence-corrected chi connectivity index (χ1v) is 7.92. The fourth-order valence-electron chi connectivity index (χ4n) is 2.43. The Hall–Kier alpha value is -1.39. The van der Waals surface area contributed by atoms with Gasteiger partial charge in [-0.15, -0.1) is 22.9 Å². The molecule has 3 aromatic rings. The van der Waals surface area contributed by atoms with Crippen LogP contribution in [0.3, 0.4) is 0 Å². The minimum Gasteiger partial charge on any atom is -0.317 e. The molecule has 0 saturated heterocycles. The summed E-state index contributed by atoms with van der Waals surface area (Å²) in [5.41, 5.74) is 3.15. The standard InChI is InChI=1S/C15H16ClN3S/c1-9-8-20-15(17-9)11(3)19-13-7-5-4-6-12(13)18-14(19)10(2)16/h4-8,10-11H,1-3H3. The largest absolute Gasteiger partial charge is 0.317 e. The van der Waals surface area contributed by atoms with Gasteiger partial charge in [0.2, 0.25) is 0 Å². The third-order valence-corrected chi connectivity index (χ3v) is 4.69. The topological polar surface area (TPSA) is 30.7 Å². The first-order chi connectivity index (χ1) is 9.58. The number of benzene rings is 1. The molecule has 0 spiro atoms. The summed E-state index contributed by atoms with van der Waals surface area (Å²) in [6.07, 6.45) is 0. The van der Waals surface area contributed by atoms with Crippen molar-refractivity contribution in [3.05, 3.63) is 46.2 Å². The molecule has 0 saturated carbocycles. The number of rotatable bonds is 3. The van der Waals surface area contributed by atoms with E-state index in [0.717, 1.165) is 27.6 Å². The molecule has 2 heterocycles. The Balaban J connectivity index is 2.20. The van der Waals surface area contributed by atoms with Crippen molar-refractivity contribution in [2.75, 3.05) is 0 Å². The van der Waals surface area contributed by atoms with Crippen LogP contribution in [-0.4, -0.2) is 14.5 Å². The second-order valence-corrected chi connectivity index (χ2v) is 6.49. The van der Waals surface area contributed by atoms with Crippen molar-refractivity contribution < 1.29 is 0 Å². The van der Waals surface area contributed by atoms with E-state index in [9.17, 15) is 0 Å². The Morgan fingerprint density at radius 2 is 1.95 bits per heavy atom. The van der Waals surface area contributed by atoms with Gasteiger partial charge in [0.15, 0.2) is 0 Å². The average molecular weight is 306 g/mol. The molecule has 0 radical (unpaired) electrons. The molecule has 2 unspecified atom stereocenters. The highest BCUT2D eigenvalue weighted by molar-refractivity contribution is 7.09. The maximum atomic E-state index is 6.32. The fraction of sp³-hybridized carbons (Fsp3) is 0.333.